The van der Waals surface area contributed by atoms with Crippen LogP contribution in [0.15, 0.2) is 41.0 Å². The van der Waals surface area contributed by atoms with Crippen LogP contribution in [0.4, 0.5) is 5.69 Å². The van der Waals surface area contributed by atoms with Crippen molar-refractivity contribution in [3.8, 4) is 0 Å². The van der Waals surface area contributed by atoms with Crippen LogP contribution in [0.2, 0.25) is 0 Å². The first-order chi connectivity index (χ1) is 13.8. The number of amides is 4. The fraction of sp³-hybridized carbons (Fsp3) is 0.222. The molecule has 4 amide bonds. The molecular formula is C18H16N4O7. The Bertz CT molecular complexity index is 1000. The predicted octanol–water partition coefficient (Wildman–Crippen LogP) is 0.605. The molecule has 1 aromatic carbocycles. The minimum Gasteiger partial charge on any atom is -0.467 e. The maximum Gasteiger partial charge on any atom is 0.282 e. The van der Waals surface area contributed by atoms with Gasteiger partial charge >= 0.3 is 0 Å². The average molecular weight is 400 g/mol. The lowest BCUT2D eigenvalue weighted by Gasteiger charge is -2.21. The van der Waals surface area contributed by atoms with E-state index in [9.17, 15) is 29.3 Å². The number of fused-ring (bicyclic) bond motifs is 1. The molecule has 2 aromatic rings. The number of hydrogen-bond acceptors (Lipinski definition) is 7. The Balaban J connectivity index is 1.63. The van der Waals surface area contributed by atoms with Crippen molar-refractivity contribution >= 4 is 29.3 Å². The number of carbonyl (C=O) groups is 4. The third-order valence-corrected chi connectivity index (χ3v) is 4.35. The van der Waals surface area contributed by atoms with E-state index in [1.807, 2.05) is 0 Å². The molecule has 1 unspecified atom stereocenters. The van der Waals surface area contributed by atoms with Crippen molar-refractivity contribution in [2.75, 3.05) is 6.54 Å². The Hall–Kier alpha value is -4.02. The average Bonchev–Trinajstić information content (AvgIpc) is 3.31. The molecule has 1 aromatic heterocycles. The maximum atomic E-state index is 12.6. The van der Waals surface area contributed by atoms with Gasteiger partial charge in [0.1, 0.15) is 17.4 Å². The molecule has 0 spiro atoms. The molecule has 2 heterocycles. The topological polar surface area (TPSA) is 152 Å². The van der Waals surface area contributed by atoms with Gasteiger partial charge in [-0.1, -0.05) is 6.07 Å². The lowest BCUT2D eigenvalue weighted by molar-refractivity contribution is -0.385. The van der Waals surface area contributed by atoms with E-state index < -0.39 is 40.3 Å². The monoisotopic (exact) mass is 400 g/mol. The minimum atomic E-state index is -1.26. The quantitative estimate of drug-likeness (QED) is 0.392. The van der Waals surface area contributed by atoms with E-state index in [1.165, 1.54) is 25.3 Å². The van der Waals surface area contributed by atoms with E-state index in [0.717, 1.165) is 6.07 Å². The highest BCUT2D eigenvalue weighted by atomic mass is 16.6. The molecule has 150 valence electrons. The number of rotatable bonds is 7. The largest absolute Gasteiger partial charge is 0.467 e. The second kappa shape index (κ2) is 7.92. The van der Waals surface area contributed by atoms with E-state index in [1.54, 1.807) is 12.1 Å². The SMILES string of the molecule is CC(C(=O)NCC(=O)NCc1ccco1)N1C(=O)c2cccc([N+](=O)[O-])c2C1=O. The molecule has 0 saturated heterocycles. The molecule has 3 rings (SSSR count). The first-order valence-corrected chi connectivity index (χ1v) is 8.53. The lowest BCUT2D eigenvalue weighted by Crippen LogP contribution is -2.49. The Kier molecular flexibility index (Phi) is 5.39. The molecule has 0 fully saturated rings. The zero-order chi connectivity index (χ0) is 21.1. The summed E-state index contributed by atoms with van der Waals surface area (Å²) < 4.78 is 5.06. The molecule has 1 aliphatic rings. The smallest absolute Gasteiger partial charge is 0.282 e. The van der Waals surface area contributed by atoms with Gasteiger partial charge in [0, 0.05) is 6.07 Å². The molecule has 2 N–H and O–H groups in total. The van der Waals surface area contributed by atoms with Crippen molar-refractivity contribution < 1.29 is 28.5 Å². The summed E-state index contributed by atoms with van der Waals surface area (Å²) in [4.78, 5) is 60.3. The zero-order valence-electron chi connectivity index (χ0n) is 15.2. The summed E-state index contributed by atoms with van der Waals surface area (Å²) in [5.74, 6) is -2.46. The summed E-state index contributed by atoms with van der Waals surface area (Å²) in [6, 6.07) is 5.76. The summed E-state index contributed by atoms with van der Waals surface area (Å²) >= 11 is 0. The molecule has 1 atom stereocenters. The number of imide groups is 1. The van der Waals surface area contributed by atoms with Crippen LogP contribution >= 0.6 is 0 Å². The van der Waals surface area contributed by atoms with Gasteiger partial charge in [-0.15, -0.1) is 0 Å². The van der Waals surface area contributed by atoms with Crippen LogP contribution in [0.25, 0.3) is 0 Å². The van der Waals surface area contributed by atoms with Crippen molar-refractivity contribution in [2.45, 2.75) is 19.5 Å². The van der Waals surface area contributed by atoms with Gasteiger partial charge < -0.3 is 15.1 Å². The van der Waals surface area contributed by atoms with Crippen LogP contribution < -0.4 is 10.6 Å². The molecule has 11 heteroatoms. The molecular weight excluding hydrogens is 384 g/mol. The van der Waals surface area contributed by atoms with Crippen molar-refractivity contribution in [3.05, 3.63) is 63.6 Å². The Morgan fingerprint density at radius 3 is 2.59 bits per heavy atom. The fourth-order valence-corrected chi connectivity index (χ4v) is 2.88. The van der Waals surface area contributed by atoms with Crippen LogP contribution in [0.1, 0.15) is 33.4 Å². The summed E-state index contributed by atoms with van der Waals surface area (Å²) in [5, 5.41) is 16.0. The van der Waals surface area contributed by atoms with Gasteiger partial charge in [-0.3, -0.25) is 34.2 Å². The van der Waals surface area contributed by atoms with Crippen molar-refractivity contribution in [3.63, 3.8) is 0 Å². The predicted molar refractivity (Wildman–Crippen MR) is 96.6 cm³/mol. The molecule has 0 aliphatic carbocycles. The molecule has 0 radical (unpaired) electrons. The third kappa shape index (κ3) is 3.83. The van der Waals surface area contributed by atoms with Crippen molar-refractivity contribution in [1.29, 1.82) is 0 Å². The van der Waals surface area contributed by atoms with Crippen LogP contribution in [-0.2, 0) is 16.1 Å². The number of furan rings is 1. The highest BCUT2D eigenvalue weighted by Gasteiger charge is 2.44. The molecule has 11 nitrogen and oxygen atoms in total. The third-order valence-electron chi connectivity index (χ3n) is 4.35. The number of nitrogens with zero attached hydrogens (tertiary/aromatic N) is 2. The summed E-state index contributed by atoms with van der Waals surface area (Å²) in [7, 11) is 0. The van der Waals surface area contributed by atoms with E-state index in [2.05, 4.69) is 10.6 Å². The van der Waals surface area contributed by atoms with Gasteiger partial charge in [-0.2, -0.15) is 0 Å². The molecule has 1 aliphatic heterocycles. The highest BCUT2D eigenvalue weighted by Crippen LogP contribution is 2.31. The zero-order valence-corrected chi connectivity index (χ0v) is 15.2. The van der Waals surface area contributed by atoms with Gasteiger partial charge in [0.05, 0.1) is 29.8 Å². The summed E-state index contributed by atoms with van der Waals surface area (Å²) in [5.41, 5.74) is -0.994. The van der Waals surface area contributed by atoms with E-state index >= 15 is 0 Å². The summed E-state index contributed by atoms with van der Waals surface area (Å²) in [6.07, 6.45) is 1.46. The number of hydrogen-bond donors (Lipinski definition) is 2. The van der Waals surface area contributed by atoms with Gasteiger partial charge in [-0.05, 0) is 25.1 Å². The van der Waals surface area contributed by atoms with Gasteiger partial charge in [-0.25, -0.2) is 0 Å². The number of nitro groups is 1. The number of carbonyl (C=O) groups excluding carboxylic acids is 4. The first kappa shape index (κ1) is 19.7. The van der Waals surface area contributed by atoms with Crippen molar-refractivity contribution in [2.24, 2.45) is 0 Å². The van der Waals surface area contributed by atoms with E-state index in [4.69, 9.17) is 4.42 Å². The lowest BCUT2D eigenvalue weighted by atomic mass is 10.1. The highest BCUT2D eigenvalue weighted by molar-refractivity contribution is 6.24. The molecule has 0 saturated carbocycles. The Morgan fingerprint density at radius 1 is 1.17 bits per heavy atom. The van der Waals surface area contributed by atoms with Gasteiger partial charge in [0.15, 0.2) is 0 Å². The maximum absolute atomic E-state index is 12.6. The van der Waals surface area contributed by atoms with Crippen molar-refractivity contribution in [1.82, 2.24) is 15.5 Å². The van der Waals surface area contributed by atoms with Crippen LogP contribution in [0.5, 0.6) is 0 Å². The fourth-order valence-electron chi connectivity index (χ4n) is 2.88. The Labute approximate surface area is 163 Å². The second-order valence-electron chi connectivity index (χ2n) is 6.19. The van der Waals surface area contributed by atoms with Gasteiger partial charge in [0.25, 0.3) is 17.5 Å². The first-order valence-electron chi connectivity index (χ1n) is 8.53. The van der Waals surface area contributed by atoms with Crippen LogP contribution in [-0.4, -0.2) is 46.0 Å². The molecule has 0 bridgehead atoms. The van der Waals surface area contributed by atoms with Crippen LogP contribution in [0, 0.1) is 10.1 Å². The second-order valence-corrected chi connectivity index (χ2v) is 6.19. The number of nitro benzene ring substituents is 1. The van der Waals surface area contributed by atoms with Crippen LogP contribution in [0.3, 0.4) is 0 Å². The molecule has 29 heavy (non-hydrogen) atoms. The summed E-state index contributed by atoms with van der Waals surface area (Å²) in [6.45, 7) is 1.05. The standard InChI is InChI=1S/C18H16N4O7/c1-10(16(24)20-9-14(23)19-8-11-4-3-7-29-11)21-17(25)12-5-2-6-13(22(27)28)15(12)18(21)26/h2-7,10H,8-9H2,1H3,(H,19,23)(H,20,24). The van der Waals surface area contributed by atoms with E-state index in [0.29, 0.717) is 10.7 Å². The number of benzene rings is 1. The Morgan fingerprint density at radius 2 is 1.93 bits per heavy atom. The van der Waals surface area contributed by atoms with Gasteiger partial charge in [0.2, 0.25) is 11.8 Å². The minimum absolute atomic E-state index is 0.138. The van der Waals surface area contributed by atoms with E-state index in [-0.39, 0.29) is 24.2 Å². The number of nitrogens with one attached hydrogen (secondary N) is 2. The normalized spacial score (nSPS) is 13.8.